The molecule has 2 aliphatic rings. The summed E-state index contributed by atoms with van der Waals surface area (Å²) >= 11 is 3.72. The Morgan fingerprint density at radius 3 is 2.28 bits per heavy atom. The van der Waals surface area contributed by atoms with Crippen molar-refractivity contribution >= 4 is 44.2 Å². The fourth-order valence-electron chi connectivity index (χ4n) is 4.39. The number of hydrogen-bond donors (Lipinski definition) is 0. The Hall–Kier alpha value is -2.94. The van der Waals surface area contributed by atoms with Crippen LogP contribution >= 0.6 is 22.7 Å². The largest absolute Gasteiger partial charge is 0.148 e. The van der Waals surface area contributed by atoms with E-state index >= 15 is 0 Å². The molecule has 0 amide bonds. The lowest BCUT2D eigenvalue weighted by atomic mass is 9.88. The smallest absolute Gasteiger partial charge is 0.0540 e. The minimum absolute atomic E-state index is 0.246. The number of fused-ring (bicyclic) bond motifs is 3. The van der Waals surface area contributed by atoms with Crippen molar-refractivity contribution in [3.8, 4) is 11.1 Å². The van der Waals surface area contributed by atoms with Crippen molar-refractivity contribution in [1.29, 1.82) is 0 Å². The Morgan fingerprint density at radius 2 is 1.41 bits per heavy atom. The maximum Gasteiger partial charge on any atom is 0.0540 e. The van der Waals surface area contributed by atoms with Gasteiger partial charge in [0, 0.05) is 9.75 Å². The number of hydrogen-bond acceptors (Lipinski definition) is 2. The first-order valence-electron chi connectivity index (χ1n) is 9.79. The second-order valence-electron chi connectivity index (χ2n) is 7.40. The van der Waals surface area contributed by atoms with Gasteiger partial charge < -0.3 is 0 Å². The van der Waals surface area contributed by atoms with E-state index in [4.69, 9.17) is 0 Å². The van der Waals surface area contributed by atoms with Crippen LogP contribution in [0, 0.1) is 0 Å². The molecule has 29 heavy (non-hydrogen) atoms. The van der Waals surface area contributed by atoms with Gasteiger partial charge in [-0.3, -0.25) is 0 Å². The van der Waals surface area contributed by atoms with Crippen LogP contribution in [0.5, 0.6) is 0 Å². The van der Waals surface area contributed by atoms with Gasteiger partial charge in [0.2, 0.25) is 0 Å². The third-order valence-electron chi connectivity index (χ3n) is 5.74. The lowest BCUT2D eigenvalue weighted by Gasteiger charge is -2.21. The Bertz CT molecular complexity index is 1410. The lowest BCUT2D eigenvalue weighted by Crippen LogP contribution is -2.03. The molecule has 0 radical (unpaired) electrons. The lowest BCUT2D eigenvalue weighted by molar-refractivity contribution is 1.05. The van der Waals surface area contributed by atoms with Crippen LogP contribution in [0.1, 0.15) is 21.2 Å². The molecule has 0 saturated carbocycles. The third kappa shape index (κ3) is 2.79. The van der Waals surface area contributed by atoms with Crippen LogP contribution in [0.25, 0.3) is 32.7 Å². The summed E-state index contributed by atoms with van der Waals surface area (Å²) in [4.78, 5) is 2.83. The number of thiophene rings is 1. The van der Waals surface area contributed by atoms with Crippen molar-refractivity contribution in [3.05, 3.63) is 117 Å². The van der Waals surface area contributed by atoms with Crippen LogP contribution in [-0.4, -0.2) is 0 Å². The first kappa shape index (κ1) is 17.0. The van der Waals surface area contributed by atoms with Crippen molar-refractivity contribution < 1.29 is 0 Å². The Morgan fingerprint density at radius 1 is 0.586 bits per heavy atom. The van der Waals surface area contributed by atoms with Crippen molar-refractivity contribution in [3.63, 3.8) is 0 Å². The highest BCUT2D eigenvalue weighted by atomic mass is 32.1. The molecule has 0 nitrogen and oxygen atoms in total. The summed E-state index contributed by atoms with van der Waals surface area (Å²) in [6.45, 7) is 0. The van der Waals surface area contributed by atoms with E-state index < -0.39 is 0 Å². The summed E-state index contributed by atoms with van der Waals surface area (Å²) in [6.07, 6.45) is 0. The summed E-state index contributed by atoms with van der Waals surface area (Å²) in [6, 6.07) is 33.4. The number of rotatable bonds is 3. The molecule has 6 rings (SSSR count). The van der Waals surface area contributed by atoms with Crippen molar-refractivity contribution in [1.82, 2.24) is 0 Å². The van der Waals surface area contributed by atoms with E-state index in [1.165, 1.54) is 48.0 Å². The molecule has 2 heteroatoms. The van der Waals surface area contributed by atoms with E-state index in [0.717, 1.165) is 0 Å². The van der Waals surface area contributed by atoms with E-state index in [0.29, 0.717) is 0 Å². The van der Waals surface area contributed by atoms with Gasteiger partial charge >= 0.3 is 0 Å². The second kappa shape index (κ2) is 6.84. The first-order valence-corrected chi connectivity index (χ1v) is 11.6. The summed E-state index contributed by atoms with van der Waals surface area (Å²) in [5.74, 6) is 0.246. The van der Waals surface area contributed by atoms with Crippen molar-refractivity contribution in [2.45, 2.75) is 5.92 Å². The zero-order valence-corrected chi connectivity index (χ0v) is 17.3. The molecule has 0 saturated heterocycles. The molecule has 2 heterocycles. The topological polar surface area (TPSA) is 0 Å². The zero-order chi connectivity index (χ0) is 19.2. The molecule has 0 fully saturated rings. The van der Waals surface area contributed by atoms with Crippen molar-refractivity contribution in [2.75, 3.05) is 0 Å². The number of benzene rings is 3. The first-order chi connectivity index (χ1) is 14.4. The minimum Gasteiger partial charge on any atom is -0.148 e. The maximum absolute atomic E-state index is 2.37. The van der Waals surface area contributed by atoms with Crippen LogP contribution in [-0.2, 0) is 0 Å². The van der Waals surface area contributed by atoms with Gasteiger partial charge in [-0.2, -0.15) is 0 Å². The van der Waals surface area contributed by atoms with Gasteiger partial charge in [0.25, 0.3) is 0 Å². The predicted octanol–water partition coefficient (Wildman–Crippen LogP) is 8.40. The van der Waals surface area contributed by atoms with Gasteiger partial charge in [0.05, 0.1) is 5.92 Å². The van der Waals surface area contributed by atoms with Gasteiger partial charge in [-0.25, -0.2) is 0 Å². The van der Waals surface area contributed by atoms with Crippen molar-refractivity contribution in [2.24, 2.45) is 0 Å². The molecular formula is C27H18S2. The van der Waals surface area contributed by atoms with Gasteiger partial charge in [-0.05, 0) is 73.3 Å². The van der Waals surface area contributed by atoms with E-state index in [1.807, 2.05) is 22.7 Å². The Balaban J connectivity index is 1.67. The average molecular weight is 407 g/mol. The highest BCUT2D eigenvalue weighted by molar-refractivity contribution is 7.11. The van der Waals surface area contributed by atoms with Gasteiger partial charge in [0.15, 0.2) is 0 Å². The van der Waals surface area contributed by atoms with Gasteiger partial charge in [-0.15, -0.1) is 22.7 Å². The molecule has 0 bridgehead atoms. The van der Waals surface area contributed by atoms with E-state index in [-0.39, 0.29) is 5.92 Å². The average Bonchev–Trinajstić information content (AvgIpc) is 3.45. The van der Waals surface area contributed by atoms with Crippen LogP contribution in [0.2, 0.25) is 0 Å². The molecule has 1 aromatic heterocycles. The molecule has 1 atom stereocenters. The normalized spacial score (nSPS) is 12.7. The second-order valence-corrected chi connectivity index (χ2v) is 9.32. The molecule has 0 N–H and O–H groups in total. The zero-order valence-electron chi connectivity index (χ0n) is 15.7. The summed E-state index contributed by atoms with van der Waals surface area (Å²) in [7, 11) is 0. The predicted molar refractivity (Wildman–Crippen MR) is 128 cm³/mol. The maximum atomic E-state index is 2.37. The van der Waals surface area contributed by atoms with Crippen LogP contribution < -0.4 is 0 Å². The highest BCUT2D eigenvalue weighted by Gasteiger charge is 2.24. The standard InChI is InChI=1S/C27H18S2/c1-2-7-20-17-24-21(16-19(20)6-1)9-4-11-23(24)26(25-12-5-14-28-25)27-22-10-3-8-18(22)13-15-29-27/h1-17,26H. The molecule has 1 aliphatic heterocycles. The quantitative estimate of drug-likeness (QED) is 0.259. The fraction of sp³-hybridized carbons (Fsp3) is 0.0370. The molecule has 0 spiro atoms. The molecule has 1 unspecified atom stereocenters. The SMILES string of the molecule is c1csc(C(c2sccc3cccc2-3)c2cccc3cc4ccccc4cc23)c1. The highest BCUT2D eigenvalue weighted by Crippen LogP contribution is 2.45. The molecule has 1 aliphatic carbocycles. The van der Waals surface area contributed by atoms with E-state index in [2.05, 4.69) is 102 Å². The van der Waals surface area contributed by atoms with Crippen LogP contribution in [0.3, 0.4) is 0 Å². The monoisotopic (exact) mass is 406 g/mol. The fourth-order valence-corrected chi connectivity index (χ4v) is 6.38. The molecular weight excluding hydrogens is 388 g/mol. The van der Waals surface area contributed by atoms with Crippen LogP contribution in [0.4, 0.5) is 0 Å². The Labute approximate surface area is 178 Å². The van der Waals surface area contributed by atoms with Gasteiger partial charge in [0.1, 0.15) is 0 Å². The Kier molecular flexibility index (Phi) is 4.00. The summed E-state index contributed by atoms with van der Waals surface area (Å²) in [5, 5.41) is 9.68. The minimum atomic E-state index is 0.246. The van der Waals surface area contributed by atoms with Crippen LogP contribution in [0.15, 0.2) is 102 Å². The molecule has 4 aromatic rings. The van der Waals surface area contributed by atoms with Gasteiger partial charge in [-0.1, -0.05) is 66.7 Å². The molecule has 138 valence electrons. The third-order valence-corrected chi connectivity index (χ3v) is 7.66. The van der Waals surface area contributed by atoms with E-state index in [1.54, 1.807) is 0 Å². The summed E-state index contributed by atoms with van der Waals surface area (Å²) < 4.78 is 0. The summed E-state index contributed by atoms with van der Waals surface area (Å²) in [5.41, 5.74) is 4.08. The molecule has 3 aromatic carbocycles. The van der Waals surface area contributed by atoms with E-state index in [9.17, 15) is 0 Å².